The molecule has 0 aliphatic heterocycles. The molecule has 1 heterocycles. The molecule has 0 radical (unpaired) electrons. The molecule has 4 heteroatoms. The monoisotopic (exact) mass is 282 g/mol. The van der Waals surface area contributed by atoms with Crippen LogP contribution in [-0.4, -0.2) is 24.5 Å². The first-order valence-corrected chi connectivity index (χ1v) is 6.77. The van der Waals surface area contributed by atoms with Crippen molar-refractivity contribution in [1.82, 2.24) is 10.3 Å². The van der Waals surface area contributed by atoms with Crippen LogP contribution in [0.25, 0.3) is 6.08 Å². The van der Waals surface area contributed by atoms with Crippen LogP contribution >= 0.6 is 0 Å². The molecule has 0 aliphatic rings. The quantitative estimate of drug-likeness (QED) is 0.828. The second-order valence-corrected chi connectivity index (χ2v) is 4.47. The number of hydrogen-bond acceptors (Lipinski definition) is 3. The number of methoxy groups -OCH3 is 1. The summed E-state index contributed by atoms with van der Waals surface area (Å²) < 4.78 is 5.27. The number of aromatic nitrogens is 1. The van der Waals surface area contributed by atoms with Crippen LogP contribution in [-0.2, 0) is 11.2 Å². The molecule has 0 saturated heterocycles. The second kappa shape index (κ2) is 7.85. The standard InChI is InChI=1S/C17H18N2O2/c1-21-16-7-3-2-6-15(16)10-12-19-17(20)9-8-14-5-4-11-18-13-14/h2-9,11,13H,10,12H2,1H3,(H,19,20)/b9-8+. The third kappa shape index (κ3) is 4.76. The van der Waals surface area contributed by atoms with Crippen LogP contribution in [0.15, 0.2) is 54.9 Å². The molecule has 0 atom stereocenters. The summed E-state index contributed by atoms with van der Waals surface area (Å²) in [5, 5.41) is 2.85. The van der Waals surface area contributed by atoms with E-state index in [9.17, 15) is 4.79 Å². The van der Waals surface area contributed by atoms with Crippen molar-refractivity contribution in [2.45, 2.75) is 6.42 Å². The number of nitrogens with zero attached hydrogens (tertiary/aromatic N) is 1. The minimum atomic E-state index is -0.117. The van der Waals surface area contributed by atoms with Crippen molar-refractivity contribution in [1.29, 1.82) is 0 Å². The third-order valence-corrected chi connectivity index (χ3v) is 3.00. The Balaban J connectivity index is 1.81. The number of pyridine rings is 1. The Labute approximate surface area is 124 Å². The Hall–Kier alpha value is -2.62. The van der Waals surface area contributed by atoms with E-state index >= 15 is 0 Å². The van der Waals surface area contributed by atoms with Gasteiger partial charge in [-0.05, 0) is 35.8 Å². The zero-order valence-electron chi connectivity index (χ0n) is 12.0. The molecule has 1 amide bonds. The summed E-state index contributed by atoms with van der Waals surface area (Å²) in [6.45, 7) is 0.566. The summed E-state index contributed by atoms with van der Waals surface area (Å²) in [6, 6.07) is 11.5. The Kier molecular flexibility index (Phi) is 5.52. The number of rotatable bonds is 6. The van der Waals surface area contributed by atoms with Crippen molar-refractivity contribution in [3.63, 3.8) is 0 Å². The fourth-order valence-electron chi connectivity index (χ4n) is 1.94. The van der Waals surface area contributed by atoms with E-state index in [0.717, 1.165) is 23.3 Å². The molecular formula is C17H18N2O2. The van der Waals surface area contributed by atoms with Gasteiger partial charge in [-0.3, -0.25) is 9.78 Å². The van der Waals surface area contributed by atoms with E-state index in [1.54, 1.807) is 25.6 Å². The molecule has 2 aromatic rings. The third-order valence-electron chi connectivity index (χ3n) is 3.00. The molecule has 0 saturated carbocycles. The lowest BCUT2D eigenvalue weighted by Gasteiger charge is -2.08. The first-order chi connectivity index (χ1) is 10.3. The van der Waals surface area contributed by atoms with E-state index in [2.05, 4.69) is 10.3 Å². The molecule has 21 heavy (non-hydrogen) atoms. The zero-order chi connectivity index (χ0) is 14.9. The smallest absolute Gasteiger partial charge is 0.244 e. The Morgan fingerprint density at radius 1 is 1.29 bits per heavy atom. The number of nitrogens with one attached hydrogen (secondary N) is 1. The van der Waals surface area contributed by atoms with E-state index in [4.69, 9.17) is 4.74 Å². The van der Waals surface area contributed by atoms with Gasteiger partial charge in [0.05, 0.1) is 7.11 Å². The van der Waals surface area contributed by atoms with Crippen LogP contribution in [0.3, 0.4) is 0 Å². The van der Waals surface area contributed by atoms with Crippen LogP contribution in [0, 0.1) is 0 Å². The van der Waals surface area contributed by atoms with Gasteiger partial charge in [-0.1, -0.05) is 24.3 Å². The molecule has 2 rings (SSSR count). The average molecular weight is 282 g/mol. The van der Waals surface area contributed by atoms with Crippen LogP contribution < -0.4 is 10.1 Å². The van der Waals surface area contributed by atoms with Crippen LogP contribution in [0.5, 0.6) is 5.75 Å². The molecule has 1 aromatic carbocycles. The van der Waals surface area contributed by atoms with Crippen molar-refractivity contribution in [2.24, 2.45) is 0 Å². The Morgan fingerprint density at radius 3 is 2.90 bits per heavy atom. The van der Waals surface area contributed by atoms with Gasteiger partial charge < -0.3 is 10.1 Å². The summed E-state index contributed by atoms with van der Waals surface area (Å²) in [6.07, 6.45) is 7.39. The topological polar surface area (TPSA) is 51.2 Å². The SMILES string of the molecule is COc1ccccc1CCNC(=O)/C=C/c1cccnc1. The molecule has 1 N–H and O–H groups in total. The lowest BCUT2D eigenvalue weighted by atomic mass is 10.1. The predicted molar refractivity (Wildman–Crippen MR) is 83.0 cm³/mol. The van der Waals surface area contributed by atoms with Gasteiger partial charge in [0.15, 0.2) is 0 Å². The van der Waals surface area contributed by atoms with Gasteiger partial charge in [0, 0.05) is 25.0 Å². The number of benzene rings is 1. The number of hydrogen-bond donors (Lipinski definition) is 1. The van der Waals surface area contributed by atoms with Gasteiger partial charge >= 0.3 is 0 Å². The number of ether oxygens (including phenoxy) is 1. The van der Waals surface area contributed by atoms with Gasteiger partial charge in [0.2, 0.25) is 5.91 Å². The fraction of sp³-hybridized carbons (Fsp3) is 0.176. The molecule has 108 valence electrons. The van der Waals surface area contributed by atoms with Crippen LogP contribution in [0.4, 0.5) is 0 Å². The number of carbonyl (C=O) groups excluding carboxylic acids is 1. The average Bonchev–Trinajstić information content (AvgIpc) is 2.54. The molecule has 0 bridgehead atoms. The highest BCUT2D eigenvalue weighted by Gasteiger charge is 2.02. The Morgan fingerprint density at radius 2 is 2.14 bits per heavy atom. The summed E-state index contributed by atoms with van der Waals surface area (Å²) >= 11 is 0. The first-order valence-electron chi connectivity index (χ1n) is 6.77. The van der Waals surface area contributed by atoms with Gasteiger partial charge in [-0.2, -0.15) is 0 Å². The van der Waals surface area contributed by atoms with Crippen molar-refractivity contribution in [2.75, 3.05) is 13.7 Å². The molecule has 0 unspecified atom stereocenters. The van der Waals surface area contributed by atoms with E-state index in [1.807, 2.05) is 36.4 Å². The number of amides is 1. The molecule has 0 aliphatic carbocycles. The zero-order valence-corrected chi connectivity index (χ0v) is 12.0. The summed E-state index contributed by atoms with van der Waals surface area (Å²) in [5.41, 5.74) is 1.98. The van der Waals surface area contributed by atoms with E-state index in [1.165, 1.54) is 6.08 Å². The van der Waals surface area contributed by atoms with Crippen LogP contribution in [0.2, 0.25) is 0 Å². The van der Waals surface area contributed by atoms with Gasteiger partial charge in [0.1, 0.15) is 5.75 Å². The van der Waals surface area contributed by atoms with Crippen molar-refractivity contribution in [3.8, 4) is 5.75 Å². The maximum Gasteiger partial charge on any atom is 0.244 e. The predicted octanol–water partition coefficient (Wildman–Crippen LogP) is 2.46. The number of para-hydroxylation sites is 1. The molecular weight excluding hydrogens is 264 g/mol. The lowest BCUT2D eigenvalue weighted by Crippen LogP contribution is -2.23. The van der Waals surface area contributed by atoms with Crippen molar-refractivity contribution >= 4 is 12.0 Å². The van der Waals surface area contributed by atoms with Gasteiger partial charge in [-0.25, -0.2) is 0 Å². The second-order valence-electron chi connectivity index (χ2n) is 4.47. The molecule has 0 fully saturated rings. The Bertz CT molecular complexity index is 609. The highest BCUT2D eigenvalue weighted by molar-refractivity contribution is 5.91. The van der Waals surface area contributed by atoms with Gasteiger partial charge in [-0.15, -0.1) is 0 Å². The maximum absolute atomic E-state index is 11.7. The van der Waals surface area contributed by atoms with Gasteiger partial charge in [0.25, 0.3) is 0 Å². The minimum Gasteiger partial charge on any atom is -0.496 e. The maximum atomic E-state index is 11.7. The summed E-state index contributed by atoms with van der Waals surface area (Å²) in [7, 11) is 1.65. The van der Waals surface area contributed by atoms with E-state index in [-0.39, 0.29) is 5.91 Å². The summed E-state index contributed by atoms with van der Waals surface area (Å²) in [4.78, 5) is 15.7. The lowest BCUT2D eigenvalue weighted by molar-refractivity contribution is -0.116. The van der Waals surface area contributed by atoms with Crippen molar-refractivity contribution in [3.05, 3.63) is 66.0 Å². The number of carbonyl (C=O) groups is 1. The highest BCUT2D eigenvalue weighted by atomic mass is 16.5. The first kappa shape index (κ1) is 14.8. The van der Waals surface area contributed by atoms with E-state index in [0.29, 0.717) is 6.54 Å². The van der Waals surface area contributed by atoms with E-state index < -0.39 is 0 Å². The van der Waals surface area contributed by atoms with Crippen molar-refractivity contribution < 1.29 is 9.53 Å². The molecule has 0 spiro atoms. The largest absolute Gasteiger partial charge is 0.496 e. The molecule has 1 aromatic heterocycles. The summed E-state index contributed by atoms with van der Waals surface area (Å²) in [5.74, 6) is 0.728. The highest BCUT2D eigenvalue weighted by Crippen LogP contribution is 2.17. The fourth-order valence-corrected chi connectivity index (χ4v) is 1.94. The minimum absolute atomic E-state index is 0.117. The van der Waals surface area contributed by atoms with Crippen LogP contribution in [0.1, 0.15) is 11.1 Å². The normalized spacial score (nSPS) is 10.5. The molecule has 4 nitrogen and oxygen atoms in total.